The first kappa shape index (κ1) is 14.2. The minimum Gasteiger partial charge on any atom is -0.314 e. The van der Waals surface area contributed by atoms with Gasteiger partial charge in [0.1, 0.15) is 0 Å². The second-order valence-corrected chi connectivity index (χ2v) is 6.00. The number of hydrogen-bond donors (Lipinski definition) is 1. The lowest BCUT2D eigenvalue weighted by Gasteiger charge is -2.31. The van der Waals surface area contributed by atoms with Crippen molar-refractivity contribution in [3.63, 3.8) is 0 Å². The lowest BCUT2D eigenvalue weighted by Crippen LogP contribution is -2.37. The average Bonchev–Trinajstić information content (AvgIpc) is 2.27. The van der Waals surface area contributed by atoms with Crippen molar-refractivity contribution in [2.24, 2.45) is 5.41 Å². The van der Waals surface area contributed by atoms with Crippen LogP contribution in [0, 0.1) is 5.41 Å². The first-order chi connectivity index (χ1) is 7.94. The molecule has 0 aliphatic heterocycles. The van der Waals surface area contributed by atoms with E-state index in [4.69, 9.17) is 0 Å². The van der Waals surface area contributed by atoms with Gasteiger partial charge in [-0.3, -0.25) is 4.98 Å². The summed E-state index contributed by atoms with van der Waals surface area (Å²) in [6.45, 7) is 12.4. The van der Waals surface area contributed by atoms with E-state index in [0.717, 1.165) is 6.54 Å². The molecule has 0 radical (unpaired) electrons. The zero-order valence-corrected chi connectivity index (χ0v) is 11.8. The lowest BCUT2D eigenvalue weighted by molar-refractivity contribution is 0.288. The maximum absolute atomic E-state index is 4.09. The van der Waals surface area contributed by atoms with E-state index in [1.807, 2.05) is 12.4 Å². The fourth-order valence-electron chi connectivity index (χ4n) is 2.25. The fourth-order valence-corrected chi connectivity index (χ4v) is 2.25. The molecule has 0 spiro atoms. The van der Waals surface area contributed by atoms with Crippen molar-refractivity contribution in [1.82, 2.24) is 10.3 Å². The molecule has 2 atom stereocenters. The van der Waals surface area contributed by atoms with Crippen LogP contribution >= 0.6 is 0 Å². The third-order valence-corrected chi connectivity index (χ3v) is 3.13. The lowest BCUT2D eigenvalue weighted by atomic mass is 9.81. The van der Waals surface area contributed by atoms with Crippen LogP contribution < -0.4 is 5.32 Å². The summed E-state index contributed by atoms with van der Waals surface area (Å²) in [5.74, 6) is 0.525. The Bertz CT molecular complexity index is 313. The molecule has 0 aliphatic carbocycles. The minimum absolute atomic E-state index is 0.355. The van der Waals surface area contributed by atoms with Crippen LogP contribution in [0.1, 0.15) is 52.5 Å². The molecule has 1 rings (SSSR count). The van der Waals surface area contributed by atoms with E-state index in [0.29, 0.717) is 17.4 Å². The second kappa shape index (κ2) is 6.15. The van der Waals surface area contributed by atoms with Crippen LogP contribution in [0.2, 0.25) is 0 Å². The van der Waals surface area contributed by atoms with E-state index in [1.165, 1.54) is 12.0 Å². The highest BCUT2D eigenvalue weighted by atomic mass is 14.9. The molecule has 1 N–H and O–H groups in total. The Morgan fingerprint density at radius 2 is 1.82 bits per heavy atom. The largest absolute Gasteiger partial charge is 0.314 e. The van der Waals surface area contributed by atoms with Crippen molar-refractivity contribution in [1.29, 1.82) is 0 Å². The zero-order valence-electron chi connectivity index (χ0n) is 11.8. The van der Waals surface area contributed by atoms with Crippen LogP contribution in [0.25, 0.3) is 0 Å². The summed E-state index contributed by atoms with van der Waals surface area (Å²) in [4.78, 5) is 4.09. The third-order valence-electron chi connectivity index (χ3n) is 3.13. The fraction of sp³-hybridized carbons (Fsp3) is 0.667. The van der Waals surface area contributed by atoms with E-state index in [9.17, 15) is 0 Å². The average molecular weight is 234 g/mol. The summed E-state index contributed by atoms with van der Waals surface area (Å²) in [6, 6.07) is 4.78. The highest BCUT2D eigenvalue weighted by Crippen LogP contribution is 2.28. The monoisotopic (exact) mass is 234 g/mol. The summed E-state index contributed by atoms with van der Waals surface area (Å²) in [5, 5.41) is 3.62. The molecule has 2 nitrogen and oxygen atoms in total. The SMILES string of the molecule is CCNC(CC(C)(C)C)C(C)c1ccncc1. The van der Waals surface area contributed by atoms with Crippen molar-refractivity contribution in [2.45, 2.75) is 53.0 Å². The Labute approximate surface area is 106 Å². The van der Waals surface area contributed by atoms with E-state index in [-0.39, 0.29) is 0 Å². The van der Waals surface area contributed by atoms with Gasteiger partial charge in [-0.25, -0.2) is 0 Å². The molecule has 17 heavy (non-hydrogen) atoms. The summed E-state index contributed by atoms with van der Waals surface area (Å²) in [7, 11) is 0. The Morgan fingerprint density at radius 1 is 1.24 bits per heavy atom. The normalized spacial score (nSPS) is 15.6. The highest BCUT2D eigenvalue weighted by molar-refractivity contribution is 5.17. The summed E-state index contributed by atoms with van der Waals surface area (Å²) in [6.07, 6.45) is 4.95. The Balaban J connectivity index is 2.77. The van der Waals surface area contributed by atoms with Gasteiger partial charge in [-0.1, -0.05) is 34.6 Å². The minimum atomic E-state index is 0.355. The number of nitrogens with one attached hydrogen (secondary N) is 1. The molecule has 2 unspecified atom stereocenters. The molecular formula is C15H26N2. The first-order valence-corrected chi connectivity index (χ1v) is 6.57. The van der Waals surface area contributed by atoms with Crippen LogP contribution in [-0.2, 0) is 0 Å². The quantitative estimate of drug-likeness (QED) is 0.842. The van der Waals surface area contributed by atoms with E-state index in [2.05, 4.69) is 57.1 Å². The van der Waals surface area contributed by atoms with Gasteiger partial charge in [-0.2, -0.15) is 0 Å². The molecule has 1 aromatic heterocycles. The number of aromatic nitrogens is 1. The first-order valence-electron chi connectivity index (χ1n) is 6.57. The van der Waals surface area contributed by atoms with E-state index in [1.54, 1.807) is 0 Å². The van der Waals surface area contributed by atoms with Gasteiger partial charge in [0.2, 0.25) is 0 Å². The second-order valence-electron chi connectivity index (χ2n) is 6.00. The predicted molar refractivity (Wildman–Crippen MR) is 74.2 cm³/mol. The van der Waals surface area contributed by atoms with Gasteiger partial charge in [-0.15, -0.1) is 0 Å². The van der Waals surface area contributed by atoms with E-state index < -0.39 is 0 Å². The number of pyridine rings is 1. The summed E-state index contributed by atoms with van der Waals surface area (Å²) in [5.41, 5.74) is 1.73. The van der Waals surface area contributed by atoms with Crippen LogP contribution in [0.5, 0.6) is 0 Å². The Kier molecular flexibility index (Phi) is 5.13. The number of rotatable bonds is 5. The molecular weight excluding hydrogens is 208 g/mol. The van der Waals surface area contributed by atoms with E-state index >= 15 is 0 Å². The molecule has 0 saturated heterocycles. The molecule has 0 aromatic carbocycles. The molecule has 0 amide bonds. The number of nitrogens with zero attached hydrogens (tertiary/aromatic N) is 1. The molecule has 1 heterocycles. The standard InChI is InChI=1S/C15H26N2/c1-6-17-14(11-15(3,4)5)12(2)13-7-9-16-10-8-13/h7-10,12,14,17H,6,11H2,1-5H3. The molecule has 0 aliphatic rings. The van der Waals surface area contributed by atoms with Crippen LogP contribution in [0.4, 0.5) is 0 Å². The topological polar surface area (TPSA) is 24.9 Å². The van der Waals surface area contributed by atoms with Crippen LogP contribution in [0.15, 0.2) is 24.5 Å². The van der Waals surface area contributed by atoms with Gasteiger partial charge < -0.3 is 5.32 Å². The molecule has 2 heteroatoms. The van der Waals surface area contributed by atoms with Crippen molar-refractivity contribution in [2.75, 3.05) is 6.54 Å². The molecule has 96 valence electrons. The maximum Gasteiger partial charge on any atom is 0.0270 e. The Morgan fingerprint density at radius 3 is 2.29 bits per heavy atom. The molecule has 0 fully saturated rings. The highest BCUT2D eigenvalue weighted by Gasteiger charge is 2.23. The predicted octanol–water partition coefficient (Wildman–Crippen LogP) is 3.60. The van der Waals surface area contributed by atoms with Crippen molar-refractivity contribution >= 4 is 0 Å². The van der Waals surface area contributed by atoms with Crippen molar-refractivity contribution < 1.29 is 0 Å². The van der Waals surface area contributed by atoms with Gasteiger partial charge in [0.15, 0.2) is 0 Å². The van der Waals surface area contributed by atoms with Crippen molar-refractivity contribution in [3.8, 4) is 0 Å². The summed E-state index contributed by atoms with van der Waals surface area (Å²) < 4.78 is 0. The number of hydrogen-bond acceptors (Lipinski definition) is 2. The van der Waals surface area contributed by atoms with Gasteiger partial charge >= 0.3 is 0 Å². The zero-order chi connectivity index (χ0) is 12.9. The van der Waals surface area contributed by atoms with Crippen molar-refractivity contribution in [3.05, 3.63) is 30.1 Å². The van der Waals surface area contributed by atoms with Crippen LogP contribution in [0.3, 0.4) is 0 Å². The molecule has 0 saturated carbocycles. The maximum atomic E-state index is 4.09. The van der Waals surface area contributed by atoms with Crippen LogP contribution in [-0.4, -0.2) is 17.6 Å². The molecule has 0 bridgehead atoms. The van der Waals surface area contributed by atoms with Gasteiger partial charge in [0.05, 0.1) is 0 Å². The van der Waals surface area contributed by atoms with Gasteiger partial charge in [0, 0.05) is 18.4 Å². The number of likely N-dealkylation sites (N-methyl/N-ethyl adjacent to an activating group) is 1. The molecule has 1 aromatic rings. The smallest absolute Gasteiger partial charge is 0.0270 e. The van der Waals surface area contributed by atoms with Gasteiger partial charge in [0.25, 0.3) is 0 Å². The summed E-state index contributed by atoms with van der Waals surface area (Å²) >= 11 is 0. The Hall–Kier alpha value is -0.890. The van der Waals surface area contributed by atoms with Gasteiger partial charge in [-0.05, 0) is 42.0 Å². The third kappa shape index (κ3) is 4.86.